The second kappa shape index (κ2) is 19.5. The average Bonchev–Trinajstić information content (AvgIpc) is 4.06. The first-order valence-electron chi connectivity index (χ1n) is 29.0. The van der Waals surface area contributed by atoms with Crippen LogP contribution in [0.4, 0.5) is 34.1 Å². The molecule has 0 spiro atoms. The number of nitrogens with zero attached hydrogens (tertiary/aromatic N) is 2. The maximum absolute atomic E-state index is 2.60. The summed E-state index contributed by atoms with van der Waals surface area (Å²) in [6.45, 7) is 9.65. The predicted molar refractivity (Wildman–Crippen MR) is 348 cm³/mol. The molecule has 0 radical (unpaired) electrons. The summed E-state index contributed by atoms with van der Waals surface area (Å²) in [5.41, 5.74) is 27.4. The summed E-state index contributed by atoms with van der Waals surface area (Å²) in [4.78, 5) is 4.87. The van der Waals surface area contributed by atoms with Crippen LogP contribution in [0.2, 0.25) is 0 Å². The van der Waals surface area contributed by atoms with Gasteiger partial charge in [0.25, 0.3) is 0 Å². The van der Waals surface area contributed by atoms with E-state index in [-0.39, 0.29) is 10.8 Å². The van der Waals surface area contributed by atoms with Crippen LogP contribution in [0.25, 0.3) is 77.2 Å². The third-order valence-corrected chi connectivity index (χ3v) is 18.2. The first kappa shape index (κ1) is 49.3. The fraction of sp³-hybridized carbons (Fsp3) is 0.100. The topological polar surface area (TPSA) is 6.48 Å². The van der Waals surface area contributed by atoms with Crippen LogP contribution in [0.1, 0.15) is 68.4 Å². The highest BCUT2D eigenvalue weighted by Gasteiger charge is 2.39. The minimum absolute atomic E-state index is 0.140. The molecule has 0 aromatic heterocycles. The predicted octanol–water partition coefficient (Wildman–Crippen LogP) is 22.2. The molecule has 0 saturated heterocycles. The van der Waals surface area contributed by atoms with Crippen LogP contribution < -0.4 is 9.80 Å². The number of rotatable bonds is 10. The fourth-order valence-electron chi connectivity index (χ4n) is 14.1. The van der Waals surface area contributed by atoms with Gasteiger partial charge in [-0.25, -0.2) is 0 Å². The molecule has 2 heteroatoms. The van der Waals surface area contributed by atoms with Gasteiger partial charge in [-0.2, -0.15) is 0 Å². The highest BCUT2D eigenvalue weighted by atomic mass is 15.1. The highest BCUT2D eigenvalue weighted by Crippen LogP contribution is 2.56. The molecule has 0 bridgehead atoms. The zero-order valence-corrected chi connectivity index (χ0v) is 46.9. The largest absolute Gasteiger partial charge is 0.310 e. The van der Waals surface area contributed by atoms with Gasteiger partial charge in [0.1, 0.15) is 0 Å². The van der Waals surface area contributed by atoms with Gasteiger partial charge in [0, 0.05) is 45.0 Å². The summed E-state index contributed by atoms with van der Waals surface area (Å²) in [6, 6.07) is 101. The van der Waals surface area contributed by atoms with Crippen molar-refractivity contribution >= 4 is 66.8 Å². The summed E-state index contributed by atoms with van der Waals surface area (Å²) in [7, 11) is 0. The van der Waals surface area contributed by atoms with Crippen LogP contribution in [0.5, 0.6) is 0 Å². The van der Waals surface area contributed by atoms with Crippen LogP contribution in [-0.2, 0) is 10.8 Å². The van der Waals surface area contributed by atoms with Gasteiger partial charge in [-0.3, -0.25) is 0 Å². The van der Waals surface area contributed by atoms with E-state index < -0.39 is 0 Å². The monoisotopic (exact) mass is 1050 g/mol. The second-order valence-corrected chi connectivity index (χ2v) is 23.5. The van der Waals surface area contributed by atoms with Crippen molar-refractivity contribution < 1.29 is 0 Å². The highest BCUT2D eigenvalue weighted by molar-refractivity contribution is 6.21. The lowest BCUT2D eigenvalue weighted by Crippen LogP contribution is -2.17. The number of hydrogen-bond acceptors (Lipinski definition) is 2. The van der Waals surface area contributed by atoms with Gasteiger partial charge in [-0.05, 0) is 202 Å². The van der Waals surface area contributed by atoms with E-state index in [0.29, 0.717) is 0 Å². The number of allylic oxidation sites excluding steroid dienone is 4. The summed E-state index contributed by atoms with van der Waals surface area (Å²) in [5, 5.41) is 4.96. The van der Waals surface area contributed by atoms with E-state index in [1.54, 1.807) is 0 Å². The number of hydrogen-bond donors (Lipinski definition) is 0. The maximum atomic E-state index is 2.60. The van der Waals surface area contributed by atoms with E-state index >= 15 is 0 Å². The molecule has 0 fully saturated rings. The van der Waals surface area contributed by atoms with Gasteiger partial charge >= 0.3 is 0 Å². The molecule has 0 aliphatic heterocycles. The Labute approximate surface area is 482 Å². The number of para-hydroxylation sites is 2. The zero-order chi connectivity index (χ0) is 55.1. The Kier molecular flexibility index (Phi) is 11.7. The first-order valence-corrected chi connectivity index (χ1v) is 29.0. The van der Waals surface area contributed by atoms with Crippen molar-refractivity contribution in [2.45, 2.75) is 51.4 Å². The molecular formula is C80H62N2. The molecule has 0 saturated carbocycles. The molecule has 0 atom stereocenters. The maximum Gasteiger partial charge on any atom is 0.0468 e. The van der Waals surface area contributed by atoms with Crippen molar-refractivity contribution in [3.05, 3.63) is 312 Å². The van der Waals surface area contributed by atoms with Crippen LogP contribution in [0.3, 0.4) is 0 Å². The van der Waals surface area contributed by atoms with Gasteiger partial charge in [-0.1, -0.05) is 228 Å². The fourth-order valence-corrected chi connectivity index (χ4v) is 14.1. The summed E-state index contributed by atoms with van der Waals surface area (Å²) < 4.78 is 0. The van der Waals surface area contributed by atoms with Crippen molar-refractivity contribution in [1.29, 1.82) is 0 Å². The van der Waals surface area contributed by atoms with E-state index in [0.717, 1.165) is 47.0 Å². The molecule has 0 unspecified atom stereocenters. The van der Waals surface area contributed by atoms with Gasteiger partial charge in [0.15, 0.2) is 0 Å². The Morgan fingerprint density at radius 3 is 1.23 bits per heavy atom. The van der Waals surface area contributed by atoms with Gasteiger partial charge in [0.2, 0.25) is 0 Å². The van der Waals surface area contributed by atoms with Crippen LogP contribution in [0, 0.1) is 0 Å². The second-order valence-electron chi connectivity index (χ2n) is 23.5. The Balaban J connectivity index is 1.01. The Hall–Kier alpha value is -9.76. The summed E-state index contributed by atoms with van der Waals surface area (Å²) in [6.07, 6.45) is 4.51. The van der Waals surface area contributed by atoms with Gasteiger partial charge in [0.05, 0.1) is 0 Å². The summed E-state index contributed by atoms with van der Waals surface area (Å²) >= 11 is 0. The molecule has 0 heterocycles. The molecule has 0 N–H and O–H groups in total. The normalized spacial score (nSPS) is 14.5. The zero-order valence-electron chi connectivity index (χ0n) is 46.9. The molecule has 392 valence electrons. The molecule has 12 aromatic carbocycles. The molecule has 3 aliphatic rings. The van der Waals surface area contributed by atoms with Gasteiger partial charge in [-0.15, -0.1) is 0 Å². The van der Waals surface area contributed by atoms with Crippen LogP contribution in [-0.4, -0.2) is 0 Å². The molecule has 12 aromatic rings. The third-order valence-electron chi connectivity index (χ3n) is 18.2. The quantitative estimate of drug-likeness (QED) is 0.126. The Bertz CT molecular complexity index is 4510. The van der Waals surface area contributed by atoms with Crippen LogP contribution >= 0.6 is 0 Å². The summed E-state index contributed by atoms with van der Waals surface area (Å²) in [5.74, 6) is 0. The van der Waals surface area contributed by atoms with Crippen molar-refractivity contribution in [3.63, 3.8) is 0 Å². The van der Waals surface area contributed by atoms with Crippen molar-refractivity contribution in [2.75, 3.05) is 9.80 Å². The Morgan fingerprint density at radius 2 is 0.683 bits per heavy atom. The minimum atomic E-state index is -0.182. The number of fused-ring (bicyclic) bond motifs is 7. The number of anilines is 6. The molecule has 3 aliphatic carbocycles. The molecule has 15 rings (SSSR count). The molecule has 0 amide bonds. The lowest BCUT2D eigenvalue weighted by molar-refractivity contribution is 0.652. The van der Waals surface area contributed by atoms with Crippen molar-refractivity contribution in [1.82, 2.24) is 0 Å². The van der Waals surface area contributed by atoms with Gasteiger partial charge < -0.3 is 9.80 Å². The number of benzene rings is 12. The molecule has 2 nitrogen and oxygen atoms in total. The Morgan fingerprint density at radius 1 is 0.280 bits per heavy atom. The lowest BCUT2D eigenvalue weighted by Gasteiger charge is -2.30. The van der Waals surface area contributed by atoms with E-state index in [1.165, 1.54) is 111 Å². The molecular weight excluding hydrogens is 989 g/mol. The van der Waals surface area contributed by atoms with E-state index in [9.17, 15) is 0 Å². The smallest absolute Gasteiger partial charge is 0.0468 e. The average molecular weight is 1050 g/mol. The van der Waals surface area contributed by atoms with E-state index in [1.807, 2.05) is 0 Å². The standard InChI is InChI=1S/C80H62N2/c1-79(2)73-31-19-17-29-65(73)67-45-37-57(49-75(67)79)77-69-47-43-64(82(60-27-15-8-16-28-60)62-41-35-56(36-42-62)54-23-11-6-12-24-54)52-72(69)78(58-38-46-68-66-30-18-20-32-74(66)80(3,4)76(68)50-58)70-48-44-63(51-71(70)77)81(59-25-13-7-14-26-59)61-39-33-55(34-40-61)53-21-9-5-10-22-53/h5-37,39-45,47-52H,38,46H2,1-4H3. The van der Waals surface area contributed by atoms with E-state index in [2.05, 4.69) is 317 Å². The molecule has 82 heavy (non-hydrogen) atoms. The first-order chi connectivity index (χ1) is 40.2. The van der Waals surface area contributed by atoms with Crippen LogP contribution in [0.15, 0.2) is 285 Å². The van der Waals surface area contributed by atoms with E-state index in [4.69, 9.17) is 0 Å². The minimum Gasteiger partial charge on any atom is -0.310 e. The lowest BCUT2D eigenvalue weighted by atomic mass is 9.76. The SMILES string of the molecule is CC1(C)C2=C(CCC(c3c4cc(N(c5ccccc5)c5ccc(-c6ccccc6)cc5)ccc4c(-c4ccc5c(c4)C(C)(C)c4ccccc4-5)c4cc(N(c5ccccc5)c5ccc(-c6ccccc6)cc5)ccc34)=C2)c2ccccc21. The van der Waals surface area contributed by atoms with Crippen molar-refractivity contribution in [2.24, 2.45) is 0 Å². The van der Waals surface area contributed by atoms with Crippen molar-refractivity contribution in [3.8, 4) is 44.5 Å². The third kappa shape index (κ3) is 8.07.